The zero-order valence-corrected chi connectivity index (χ0v) is 21.7. The lowest BCUT2D eigenvalue weighted by atomic mass is 9.70. The van der Waals surface area contributed by atoms with Crippen LogP contribution in [0, 0.1) is 23.7 Å². The van der Waals surface area contributed by atoms with Gasteiger partial charge in [-0.15, -0.1) is 0 Å². The molecule has 2 bridgehead atoms. The molecular weight excluding hydrogens is 462 g/mol. The number of nitrogens with zero attached hydrogens (tertiary/aromatic N) is 1. The first-order valence-corrected chi connectivity index (χ1v) is 12.6. The lowest BCUT2D eigenvalue weighted by Gasteiger charge is -2.38. The Balaban J connectivity index is 1.49. The molecule has 2 aliphatic carbocycles. The van der Waals surface area contributed by atoms with Crippen LogP contribution in [0.2, 0.25) is 5.02 Å². The van der Waals surface area contributed by atoms with Crippen LogP contribution in [0.25, 0.3) is 10.9 Å². The number of fused-ring (bicyclic) bond motifs is 3. The Labute approximate surface area is 211 Å². The maximum atomic E-state index is 13.5. The van der Waals surface area contributed by atoms with Gasteiger partial charge in [-0.3, -0.25) is 14.2 Å². The Bertz CT molecular complexity index is 1320. The van der Waals surface area contributed by atoms with Gasteiger partial charge < -0.3 is 9.47 Å². The fourth-order valence-electron chi connectivity index (χ4n) is 6.45. The van der Waals surface area contributed by atoms with Crippen molar-refractivity contribution < 1.29 is 19.1 Å². The minimum absolute atomic E-state index is 0.00411. The van der Waals surface area contributed by atoms with Crippen LogP contribution in [0.4, 0.5) is 0 Å². The normalized spacial score (nSPS) is 24.6. The molecule has 0 spiro atoms. The van der Waals surface area contributed by atoms with Gasteiger partial charge in [-0.2, -0.15) is 0 Å². The van der Waals surface area contributed by atoms with Gasteiger partial charge in [-0.1, -0.05) is 32.4 Å². The van der Waals surface area contributed by atoms with Gasteiger partial charge in [0, 0.05) is 27.1 Å². The van der Waals surface area contributed by atoms with Crippen LogP contribution < -0.4 is 4.74 Å². The van der Waals surface area contributed by atoms with Crippen molar-refractivity contribution in [3.8, 4) is 5.75 Å². The minimum atomic E-state index is -0.247. The first kappa shape index (κ1) is 23.9. The van der Waals surface area contributed by atoms with E-state index in [9.17, 15) is 9.59 Å². The van der Waals surface area contributed by atoms with Gasteiger partial charge in [0.25, 0.3) is 5.91 Å². The third-order valence-corrected chi connectivity index (χ3v) is 9.40. The monoisotopic (exact) mass is 493 g/mol. The molecule has 2 aromatic carbocycles. The average molecular weight is 494 g/mol. The second kappa shape index (κ2) is 8.41. The molecule has 6 heteroatoms. The zero-order valence-electron chi connectivity index (χ0n) is 21.0. The fraction of sp³-hybridized carbons (Fsp3) is 0.448. The zero-order chi connectivity index (χ0) is 25.1. The van der Waals surface area contributed by atoms with E-state index in [-0.39, 0.29) is 35.2 Å². The predicted molar refractivity (Wildman–Crippen MR) is 137 cm³/mol. The highest BCUT2D eigenvalue weighted by atomic mass is 35.5. The Morgan fingerprint density at radius 2 is 1.83 bits per heavy atom. The third kappa shape index (κ3) is 3.67. The summed E-state index contributed by atoms with van der Waals surface area (Å²) in [6, 6.07) is 12.4. The van der Waals surface area contributed by atoms with E-state index in [0.29, 0.717) is 22.3 Å². The van der Waals surface area contributed by atoms with Crippen molar-refractivity contribution in [1.29, 1.82) is 0 Å². The maximum Gasteiger partial charge on any atom is 0.310 e. The molecule has 1 aromatic heterocycles. The number of hydrogen-bond donors (Lipinski definition) is 0. The molecule has 0 amide bonds. The first-order valence-electron chi connectivity index (χ1n) is 12.2. The lowest BCUT2D eigenvalue weighted by Crippen LogP contribution is -2.38. The first-order chi connectivity index (χ1) is 16.6. The Kier molecular flexibility index (Phi) is 5.75. The number of ether oxygens (including phenoxy) is 2. The molecule has 184 valence electrons. The van der Waals surface area contributed by atoms with Gasteiger partial charge in [-0.05, 0) is 85.5 Å². The predicted octanol–water partition coefficient (Wildman–Crippen LogP) is 6.60. The van der Waals surface area contributed by atoms with Crippen molar-refractivity contribution >= 4 is 34.4 Å². The van der Waals surface area contributed by atoms with Gasteiger partial charge in [0.1, 0.15) is 11.9 Å². The number of carbonyl (C=O) groups excluding carboxylic acids is 2. The second-order valence-electron chi connectivity index (χ2n) is 10.9. The summed E-state index contributed by atoms with van der Waals surface area (Å²) < 4.78 is 13.2. The van der Waals surface area contributed by atoms with Crippen molar-refractivity contribution in [3.63, 3.8) is 0 Å². The summed E-state index contributed by atoms with van der Waals surface area (Å²) in [6.07, 6.45) is 3.26. The molecule has 35 heavy (non-hydrogen) atoms. The standard InChI is InChI=1S/C29H32ClNO4/c1-17-22(16-26(32)35-25-14-19-12-13-29(25,4)28(19,2)3)23-15-21(34-5)10-11-24(23)31(17)27(33)18-6-8-20(30)9-7-18/h6-11,15,19,25H,12-14,16H2,1-5H3/t19?,25-,29?/m1/s1. The molecule has 5 rings (SSSR count). The number of benzene rings is 2. The third-order valence-electron chi connectivity index (χ3n) is 9.14. The van der Waals surface area contributed by atoms with E-state index in [2.05, 4.69) is 20.8 Å². The van der Waals surface area contributed by atoms with E-state index >= 15 is 0 Å². The SMILES string of the molecule is COc1ccc2c(c1)c(CC(=O)O[C@@H]1CC3CCC1(C)C3(C)C)c(C)n2C(=O)c1ccc(Cl)cc1. The highest BCUT2D eigenvalue weighted by Crippen LogP contribution is 2.66. The van der Waals surface area contributed by atoms with E-state index in [4.69, 9.17) is 21.1 Å². The molecule has 2 fully saturated rings. The number of methoxy groups -OCH3 is 1. The van der Waals surface area contributed by atoms with Crippen LogP contribution in [0.1, 0.15) is 61.6 Å². The summed E-state index contributed by atoms with van der Waals surface area (Å²) in [7, 11) is 1.61. The lowest BCUT2D eigenvalue weighted by molar-refractivity contribution is -0.156. The summed E-state index contributed by atoms with van der Waals surface area (Å²) in [6.45, 7) is 8.77. The van der Waals surface area contributed by atoms with Crippen molar-refractivity contribution in [1.82, 2.24) is 4.57 Å². The van der Waals surface area contributed by atoms with E-state index in [1.54, 1.807) is 35.9 Å². The van der Waals surface area contributed by atoms with Crippen LogP contribution in [-0.4, -0.2) is 29.7 Å². The Morgan fingerprint density at radius 3 is 2.43 bits per heavy atom. The molecule has 3 atom stereocenters. The molecule has 1 heterocycles. The van der Waals surface area contributed by atoms with Crippen molar-refractivity contribution in [2.45, 2.75) is 59.5 Å². The van der Waals surface area contributed by atoms with E-state index in [0.717, 1.165) is 35.0 Å². The highest BCUT2D eigenvalue weighted by Gasteiger charge is 2.62. The van der Waals surface area contributed by atoms with Crippen LogP contribution >= 0.6 is 11.6 Å². The van der Waals surface area contributed by atoms with Crippen LogP contribution in [0.3, 0.4) is 0 Å². The molecule has 2 aliphatic rings. The molecule has 5 nitrogen and oxygen atoms in total. The number of rotatable bonds is 5. The van der Waals surface area contributed by atoms with Gasteiger partial charge in [0.15, 0.2) is 0 Å². The summed E-state index contributed by atoms with van der Waals surface area (Å²) in [5, 5.41) is 1.39. The molecule has 0 radical (unpaired) electrons. The Morgan fingerprint density at radius 1 is 1.11 bits per heavy atom. The fourth-order valence-corrected chi connectivity index (χ4v) is 6.57. The molecule has 0 saturated heterocycles. The summed E-state index contributed by atoms with van der Waals surface area (Å²) >= 11 is 6.02. The number of aromatic nitrogens is 1. The highest BCUT2D eigenvalue weighted by molar-refractivity contribution is 6.30. The summed E-state index contributed by atoms with van der Waals surface area (Å²) in [5.74, 6) is 0.848. The van der Waals surface area contributed by atoms with Crippen LogP contribution in [-0.2, 0) is 16.0 Å². The quantitative estimate of drug-likeness (QED) is 0.376. The topological polar surface area (TPSA) is 57.5 Å². The van der Waals surface area contributed by atoms with E-state index < -0.39 is 0 Å². The number of halogens is 1. The molecule has 2 unspecified atom stereocenters. The van der Waals surface area contributed by atoms with E-state index in [1.807, 2.05) is 25.1 Å². The second-order valence-corrected chi connectivity index (χ2v) is 11.3. The number of esters is 1. The van der Waals surface area contributed by atoms with Crippen molar-refractivity contribution in [3.05, 3.63) is 64.3 Å². The average Bonchev–Trinajstić information content (AvgIpc) is 3.30. The molecule has 0 N–H and O–H groups in total. The molecule has 3 aromatic rings. The van der Waals surface area contributed by atoms with E-state index in [1.165, 1.54) is 6.42 Å². The smallest absolute Gasteiger partial charge is 0.310 e. The summed E-state index contributed by atoms with van der Waals surface area (Å²) in [4.78, 5) is 26.8. The molecule has 2 saturated carbocycles. The minimum Gasteiger partial charge on any atom is -0.497 e. The van der Waals surface area contributed by atoms with Gasteiger partial charge >= 0.3 is 5.97 Å². The van der Waals surface area contributed by atoms with Gasteiger partial charge in [0.2, 0.25) is 0 Å². The largest absolute Gasteiger partial charge is 0.497 e. The molecular formula is C29H32ClNO4. The maximum absolute atomic E-state index is 13.5. The number of carbonyl (C=O) groups is 2. The molecule has 0 aliphatic heterocycles. The summed E-state index contributed by atoms with van der Waals surface area (Å²) in [5.41, 5.74) is 2.95. The number of hydrogen-bond acceptors (Lipinski definition) is 4. The van der Waals surface area contributed by atoms with Crippen molar-refractivity contribution in [2.24, 2.45) is 16.7 Å². The van der Waals surface area contributed by atoms with Gasteiger partial charge in [-0.25, -0.2) is 0 Å². The van der Waals surface area contributed by atoms with Crippen LogP contribution in [0.5, 0.6) is 5.75 Å². The Hall–Kier alpha value is -2.79. The van der Waals surface area contributed by atoms with Gasteiger partial charge in [0.05, 0.1) is 19.0 Å². The van der Waals surface area contributed by atoms with Crippen molar-refractivity contribution in [2.75, 3.05) is 7.11 Å². The van der Waals surface area contributed by atoms with Crippen LogP contribution in [0.15, 0.2) is 42.5 Å².